The Morgan fingerprint density at radius 1 is 1.36 bits per heavy atom. The van der Waals surface area contributed by atoms with E-state index in [0.29, 0.717) is 11.1 Å². The van der Waals surface area contributed by atoms with Crippen molar-refractivity contribution < 1.29 is 14.3 Å². The van der Waals surface area contributed by atoms with Crippen LogP contribution in [-0.4, -0.2) is 10.9 Å². The molecule has 1 N–H and O–H groups in total. The van der Waals surface area contributed by atoms with E-state index in [2.05, 4.69) is 0 Å². The number of aliphatic hydroxyl groups is 1. The highest BCUT2D eigenvalue weighted by molar-refractivity contribution is 6.03. The average molecular weight is 192 g/mol. The molecule has 72 valence electrons. The van der Waals surface area contributed by atoms with Crippen molar-refractivity contribution in [2.75, 3.05) is 0 Å². The Kier molecular flexibility index (Phi) is 1.79. The highest BCUT2D eigenvalue weighted by atomic mass is 19.1. The molecule has 0 saturated carbocycles. The van der Waals surface area contributed by atoms with E-state index in [1.807, 2.05) is 0 Å². The molecule has 0 heterocycles. The number of benzene rings is 1. The van der Waals surface area contributed by atoms with Crippen molar-refractivity contribution in [3.8, 4) is 0 Å². The molecule has 1 aliphatic rings. The number of carbonyl (C=O) groups excluding carboxylic acids is 1. The fraction of sp³-hybridized carbons (Fsp3) is 0.182. The first-order chi connectivity index (χ1) is 6.51. The SMILES string of the molecule is CC1(O)C(=O)C=Cc2ccc(F)cc21. The van der Waals surface area contributed by atoms with Gasteiger partial charge < -0.3 is 5.11 Å². The Labute approximate surface area is 80.7 Å². The minimum absolute atomic E-state index is 0.324. The van der Waals surface area contributed by atoms with E-state index in [-0.39, 0.29) is 0 Å². The van der Waals surface area contributed by atoms with Crippen LogP contribution >= 0.6 is 0 Å². The van der Waals surface area contributed by atoms with Gasteiger partial charge >= 0.3 is 0 Å². The van der Waals surface area contributed by atoms with E-state index in [4.69, 9.17) is 0 Å². The number of hydrogen-bond acceptors (Lipinski definition) is 2. The maximum atomic E-state index is 12.9. The van der Waals surface area contributed by atoms with Crippen LogP contribution in [0, 0.1) is 5.82 Å². The van der Waals surface area contributed by atoms with Crippen molar-refractivity contribution in [1.82, 2.24) is 0 Å². The Morgan fingerprint density at radius 3 is 2.79 bits per heavy atom. The number of rotatable bonds is 0. The molecule has 0 saturated heterocycles. The van der Waals surface area contributed by atoms with Crippen LogP contribution in [-0.2, 0) is 10.4 Å². The lowest BCUT2D eigenvalue weighted by molar-refractivity contribution is -0.131. The molecule has 2 nitrogen and oxygen atoms in total. The Morgan fingerprint density at radius 2 is 2.07 bits per heavy atom. The van der Waals surface area contributed by atoms with Gasteiger partial charge in [-0.15, -0.1) is 0 Å². The van der Waals surface area contributed by atoms with Crippen molar-refractivity contribution in [2.45, 2.75) is 12.5 Å². The topological polar surface area (TPSA) is 37.3 Å². The highest BCUT2D eigenvalue weighted by Gasteiger charge is 2.34. The van der Waals surface area contributed by atoms with Gasteiger partial charge in [0.1, 0.15) is 11.4 Å². The van der Waals surface area contributed by atoms with Gasteiger partial charge in [0.05, 0.1) is 0 Å². The van der Waals surface area contributed by atoms with Crippen LogP contribution in [0.25, 0.3) is 6.08 Å². The second kappa shape index (κ2) is 2.75. The van der Waals surface area contributed by atoms with E-state index in [9.17, 15) is 14.3 Å². The summed E-state index contributed by atoms with van der Waals surface area (Å²) in [6.07, 6.45) is 2.88. The minimum atomic E-state index is -1.60. The molecule has 0 bridgehead atoms. The Balaban J connectivity index is 2.69. The molecule has 0 radical (unpaired) electrons. The first-order valence-electron chi connectivity index (χ1n) is 4.27. The smallest absolute Gasteiger partial charge is 0.191 e. The number of fused-ring (bicyclic) bond motifs is 1. The third kappa shape index (κ3) is 1.17. The minimum Gasteiger partial charge on any atom is -0.377 e. The lowest BCUT2D eigenvalue weighted by atomic mass is 9.83. The first-order valence-corrected chi connectivity index (χ1v) is 4.27. The predicted molar refractivity (Wildman–Crippen MR) is 50.0 cm³/mol. The predicted octanol–water partition coefficient (Wildman–Crippen LogP) is 1.63. The lowest BCUT2D eigenvalue weighted by Crippen LogP contribution is -2.33. The molecule has 3 heteroatoms. The van der Waals surface area contributed by atoms with Crippen molar-refractivity contribution in [1.29, 1.82) is 0 Å². The largest absolute Gasteiger partial charge is 0.377 e. The summed E-state index contributed by atoms with van der Waals surface area (Å²) in [5.74, 6) is -0.872. The van der Waals surface area contributed by atoms with Crippen molar-refractivity contribution in [3.05, 3.63) is 41.2 Å². The van der Waals surface area contributed by atoms with E-state index >= 15 is 0 Å². The van der Waals surface area contributed by atoms with Crippen LogP contribution in [0.15, 0.2) is 24.3 Å². The normalized spacial score (nSPS) is 24.9. The van der Waals surface area contributed by atoms with Gasteiger partial charge in [-0.3, -0.25) is 4.79 Å². The number of hydrogen-bond donors (Lipinski definition) is 1. The van der Waals surface area contributed by atoms with Crippen molar-refractivity contribution >= 4 is 11.9 Å². The highest BCUT2D eigenvalue weighted by Crippen LogP contribution is 2.31. The second-order valence-corrected chi connectivity index (χ2v) is 3.50. The van der Waals surface area contributed by atoms with Crippen LogP contribution in [0.4, 0.5) is 4.39 Å². The van der Waals surface area contributed by atoms with Gasteiger partial charge in [0.15, 0.2) is 5.78 Å². The molecular formula is C11H9FO2. The molecule has 0 amide bonds. The number of ketones is 1. The molecule has 1 unspecified atom stereocenters. The van der Waals surface area contributed by atoms with Gasteiger partial charge in [-0.25, -0.2) is 4.39 Å². The lowest BCUT2D eigenvalue weighted by Gasteiger charge is -2.25. The van der Waals surface area contributed by atoms with Gasteiger partial charge in [-0.2, -0.15) is 0 Å². The van der Waals surface area contributed by atoms with Crippen LogP contribution < -0.4 is 0 Å². The summed E-state index contributed by atoms with van der Waals surface area (Å²) >= 11 is 0. The summed E-state index contributed by atoms with van der Waals surface area (Å²) in [6, 6.07) is 4.04. The summed E-state index contributed by atoms with van der Waals surface area (Å²) in [6.45, 7) is 1.37. The molecule has 1 aliphatic carbocycles. The van der Waals surface area contributed by atoms with Gasteiger partial charge in [-0.05, 0) is 30.7 Å². The second-order valence-electron chi connectivity index (χ2n) is 3.50. The molecule has 1 atom stereocenters. The van der Waals surface area contributed by atoms with Crippen LogP contribution in [0.5, 0.6) is 0 Å². The fourth-order valence-corrected chi connectivity index (χ4v) is 1.56. The van der Waals surface area contributed by atoms with E-state index in [1.165, 1.54) is 25.1 Å². The molecule has 2 rings (SSSR count). The molecule has 1 aromatic carbocycles. The molecule has 0 fully saturated rings. The summed E-state index contributed by atoms with van der Waals surface area (Å²) in [7, 11) is 0. The Bertz CT molecular complexity index is 433. The number of carbonyl (C=O) groups is 1. The maximum absolute atomic E-state index is 12.9. The van der Waals surface area contributed by atoms with Crippen molar-refractivity contribution in [2.24, 2.45) is 0 Å². The maximum Gasteiger partial charge on any atom is 0.191 e. The summed E-state index contributed by atoms with van der Waals surface area (Å²) in [4.78, 5) is 11.3. The van der Waals surface area contributed by atoms with Crippen LogP contribution in [0.3, 0.4) is 0 Å². The Hall–Kier alpha value is -1.48. The molecule has 1 aromatic rings. The summed E-state index contributed by atoms with van der Waals surface area (Å²) < 4.78 is 12.9. The van der Waals surface area contributed by atoms with E-state index in [0.717, 1.165) is 0 Å². The van der Waals surface area contributed by atoms with E-state index < -0.39 is 17.2 Å². The van der Waals surface area contributed by atoms with Crippen LogP contribution in [0.1, 0.15) is 18.1 Å². The van der Waals surface area contributed by atoms with E-state index in [1.54, 1.807) is 12.1 Å². The summed E-state index contributed by atoms with van der Waals surface area (Å²) in [5.41, 5.74) is -0.604. The van der Waals surface area contributed by atoms with Gasteiger partial charge in [0.25, 0.3) is 0 Å². The van der Waals surface area contributed by atoms with Gasteiger partial charge in [-0.1, -0.05) is 12.1 Å². The standard InChI is InChI=1S/C11H9FO2/c1-11(14)9-6-8(12)4-2-7(9)3-5-10(11)13/h2-6,14H,1H3. The monoisotopic (exact) mass is 192 g/mol. The van der Waals surface area contributed by atoms with Gasteiger partial charge in [0.2, 0.25) is 0 Å². The number of halogens is 1. The zero-order valence-corrected chi connectivity index (χ0v) is 7.62. The molecule has 0 aliphatic heterocycles. The first kappa shape index (κ1) is 9.09. The third-order valence-corrected chi connectivity index (χ3v) is 2.43. The van der Waals surface area contributed by atoms with Crippen LogP contribution in [0.2, 0.25) is 0 Å². The zero-order chi connectivity index (χ0) is 10.3. The summed E-state index contributed by atoms with van der Waals surface area (Å²) in [5, 5.41) is 9.85. The third-order valence-electron chi connectivity index (χ3n) is 2.43. The molecule has 0 spiro atoms. The molecular weight excluding hydrogens is 183 g/mol. The van der Waals surface area contributed by atoms with Crippen molar-refractivity contribution in [3.63, 3.8) is 0 Å². The molecule has 0 aromatic heterocycles. The fourth-order valence-electron chi connectivity index (χ4n) is 1.56. The average Bonchev–Trinajstić information content (AvgIpc) is 2.13. The van der Waals surface area contributed by atoms with Gasteiger partial charge in [0, 0.05) is 5.56 Å². The quantitative estimate of drug-likeness (QED) is 0.678. The molecule has 14 heavy (non-hydrogen) atoms. The zero-order valence-electron chi connectivity index (χ0n) is 7.62.